The Kier molecular flexibility index (Phi) is 7.61. The summed E-state index contributed by atoms with van der Waals surface area (Å²) in [5, 5.41) is 10.8. The highest BCUT2D eigenvalue weighted by atomic mass is 32.1. The number of amides is 2. The van der Waals surface area contributed by atoms with E-state index in [1.807, 2.05) is 12.4 Å². The van der Waals surface area contributed by atoms with E-state index in [-0.39, 0.29) is 11.8 Å². The number of fused-ring (bicyclic) bond motifs is 1. The monoisotopic (exact) mass is 422 g/mol. The highest BCUT2D eigenvalue weighted by Crippen LogP contribution is 2.38. The van der Waals surface area contributed by atoms with Gasteiger partial charge in [0.25, 0.3) is 11.8 Å². The van der Waals surface area contributed by atoms with E-state index in [9.17, 15) is 9.59 Å². The van der Waals surface area contributed by atoms with Crippen LogP contribution in [0, 0.1) is 0 Å². The Morgan fingerprint density at radius 3 is 2.86 bits per heavy atom. The number of ether oxygens (including phenoxy) is 1. The average molecular weight is 423 g/mol. The van der Waals surface area contributed by atoms with E-state index in [0.29, 0.717) is 30.3 Å². The van der Waals surface area contributed by atoms with E-state index in [0.717, 1.165) is 42.7 Å². The van der Waals surface area contributed by atoms with Gasteiger partial charge in [-0.05, 0) is 48.1 Å². The molecule has 152 valence electrons. The van der Waals surface area contributed by atoms with Gasteiger partial charge in [0.1, 0.15) is 11.5 Å². The summed E-state index contributed by atoms with van der Waals surface area (Å²) in [7, 11) is 3.62. The first kappa shape index (κ1) is 21.0. The van der Waals surface area contributed by atoms with Crippen molar-refractivity contribution in [2.24, 2.45) is 0 Å². The minimum absolute atomic E-state index is 0.0581. The van der Waals surface area contributed by atoms with Crippen molar-refractivity contribution in [2.75, 3.05) is 39.2 Å². The van der Waals surface area contributed by atoms with Gasteiger partial charge >= 0.3 is 0 Å². The zero-order chi connectivity index (χ0) is 19.9. The van der Waals surface area contributed by atoms with Crippen LogP contribution in [0.15, 0.2) is 16.8 Å². The normalized spacial score (nSPS) is 14.4. The highest BCUT2D eigenvalue weighted by Gasteiger charge is 2.26. The van der Waals surface area contributed by atoms with Crippen LogP contribution < -0.4 is 15.5 Å². The van der Waals surface area contributed by atoms with Crippen LogP contribution in [0.3, 0.4) is 0 Å². The lowest BCUT2D eigenvalue weighted by Crippen LogP contribution is -3.08. The lowest BCUT2D eigenvalue weighted by atomic mass is 9.95. The molecule has 0 bridgehead atoms. The largest absolute Gasteiger partial charge is 0.383 e. The predicted molar refractivity (Wildman–Crippen MR) is 114 cm³/mol. The van der Waals surface area contributed by atoms with Crippen molar-refractivity contribution in [3.05, 3.63) is 38.4 Å². The van der Waals surface area contributed by atoms with Crippen molar-refractivity contribution in [2.45, 2.75) is 32.2 Å². The molecular weight excluding hydrogens is 394 g/mol. The number of methoxy groups -OCH3 is 1. The van der Waals surface area contributed by atoms with Gasteiger partial charge in [-0.1, -0.05) is 0 Å². The van der Waals surface area contributed by atoms with Gasteiger partial charge in [-0.25, -0.2) is 0 Å². The van der Waals surface area contributed by atoms with Gasteiger partial charge in [0.15, 0.2) is 6.54 Å². The van der Waals surface area contributed by atoms with Gasteiger partial charge in [0, 0.05) is 24.1 Å². The number of carbonyl (C=O) groups excluding carboxylic acids is 2. The second-order valence-electron chi connectivity index (χ2n) is 7.15. The molecule has 0 aromatic carbocycles. The van der Waals surface area contributed by atoms with Gasteiger partial charge in [-0.3, -0.25) is 9.59 Å². The van der Waals surface area contributed by atoms with Crippen LogP contribution in [0.1, 0.15) is 39.2 Å². The molecule has 0 saturated carbocycles. The summed E-state index contributed by atoms with van der Waals surface area (Å²) in [5.41, 5.74) is 3.00. The predicted octanol–water partition coefficient (Wildman–Crippen LogP) is 1.72. The van der Waals surface area contributed by atoms with E-state index in [2.05, 4.69) is 22.1 Å². The van der Waals surface area contributed by atoms with Crippen LogP contribution in [0.5, 0.6) is 0 Å². The summed E-state index contributed by atoms with van der Waals surface area (Å²) in [5.74, 6) is -0.178. The molecule has 6 nitrogen and oxygen atoms in total. The fourth-order valence-electron chi connectivity index (χ4n) is 3.50. The number of likely N-dealkylation sites (N-methyl/N-ethyl adjacent to an activating group) is 1. The standard InChI is InChI=1S/C20H27N3O3S2/c1-23(11-14-7-10-27-13-14)12-17(24)22-20-18(19(25)21-8-9-26-2)15-5-3-4-6-16(15)28-20/h7,10,13H,3-6,8-9,11-12H2,1-2H3,(H,21,25)(H,22,24)/p+1. The molecule has 2 aromatic heterocycles. The SMILES string of the molecule is COCCNC(=O)c1c(NC(=O)C[NH+](C)Cc2ccsc2)sc2c1CCCC2. The molecule has 0 aliphatic heterocycles. The van der Waals surface area contributed by atoms with E-state index in [1.54, 1.807) is 29.8 Å². The van der Waals surface area contributed by atoms with Crippen molar-refractivity contribution >= 4 is 39.5 Å². The van der Waals surface area contributed by atoms with Crippen molar-refractivity contribution in [1.29, 1.82) is 0 Å². The molecule has 3 rings (SSSR count). The summed E-state index contributed by atoms with van der Waals surface area (Å²) >= 11 is 3.22. The lowest BCUT2D eigenvalue weighted by molar-refractivity contribution is -0.885. The van der Waals surface area contributed by atoms with Crippen molar-refractivity contribution in [3.8, 4) is 0 Å². The van der Waals surface area contributed by atoms with Gasteiger partial charge in [0.05, 0.1) is 19.2 Å². The summed E-state index contributed by atoms with van der Waals surface area (Å²) < 4.78 is 5.02. The van der Waals surface area contributed by atoms with Crippen LogP contribution in [0.2, 0.25) is 0 Å². The van der Waals surface area contributed by atoms with Crippen LogP contribution in [-0.2, 0) is 28.9 Å². The zero-order valence-electron chi connectivity index (χ0n) is 16.4. The molecule has 1 unspecified atom stereocenters. The maximum absolute atomic E-state index is 12.8. The number of nitrogens with one attached hydrogen (secondary N) is 3. The molecule has 0 radical (unpaired) electrons. The molecule has 0 saturated heterocycles. The number of quaternary nitrogens is 1. The number of hydrogen-bond donors (Lipinski definition) is 3. The number of rotatable bonds is 9. The molecule has 2 heterocycles. The molecule has 0 spiro atoms. The molecule has 1 aliphatic carbocycles. The molecule has 28 heavy (non-hydrogen) atoms. The van der Waals surface area contributed by atoms with Crippen LogP contribution in [0.25, 0.3) is 0 Å². The van der Waals surface area contributed by atoms with Crippen molar-refractivity contribution in [1.82, 2.24) is 5.32 Å². The Hall–Kier alpha value is -1.74. The van der Waals surface area contributed by atoms with E-state index >= 15 is 0 Å². The first-order valence-electron chi connectivity index (χ1n) is 9.62. The Labute approximate surface area is 173 Å². The summed E-state index contributed by atoms with van der Waals surface area (Å²) in [6, 6.07) is 2.09. The summed E-state index contributed by atoms with van der Waals surface area (Å²) in [6.45, 7) is 2.10. The first-order chi connectivity index (χ1) is 13.6. The van der Waals surface area contributed by atoms with Crippen LogP contribution in [0.4, 0.5) is 5.00 Å². The van der Waals surface area contributed by atoms with Gasteiger partial charge < -0.3 is 20.3 Å². The molecule has 3 N–H and O–H groups in total. The Morgan fingerprint density at radius 1 is 1.29 bits per heavy atom. The zero-order valence-corrected chi connectivity index (χ0v) is 18.1. The quantitative estimate of drug-likeness (QED) is 0.539. The summed E-state index contributed by atoms with van der Waals surface area (Å²) in [6.07, 6.45) is 4.11. The topological polar surface area (TPSA) is 71.9 Å². The minimum atomic E-state index is -0.120. The molecule has 1 atom stereocenters. The molecule has 1 aliphatic rings. The first-order valence-corrected chi connectivity index (χ1v) is 11.4. The summed E-state index contributed by atoms with van der Waals surface area (Å²) in [4.78, 5) is 27.7. The molecule has 2 aromatic rings. The highest BCUT2D eigenvalue weighted by molar-refractivity contribution is 7.17. The maximum atomic E-state index is 12.8. The van der Waals surface area contributed by atoms with E-state index in [1.165, 1.54) is 10.4 Å². The third-order valence-electron chi connectivity index (χ3n) is 4.79. The van der Waals surface area contributed by atoms with Gasteiger partial charge in [-0.15, -0.1) is 11.3 Å². The molecule has 2 amide bonds. The fourth-order valence-corrected chi connectivity index (χ4v) is 5.47. The smallest absolute Gasteiger partial charge is 0.280 e. The average Bonchev–Trinajstić information content (AvgIpc) is 3.28. The van der Waals surface area contributed by atoms with Crippen LogP contribution >= 0.6 is 22.7 Å². The minimum Gasteiger partial charge on any atom is -0.383 e. The second kappa shape index (κ2) is 10.2. The fraction of sp³-hybridized carbons (Fsp3) is 0.500. The van der Waals surface area contributed by atoms with Crippen LogP contribution in [-0.4, -0.2) is 45.7 Å². The maximum Gasteiger partial charge on any atom is 0.280 e. The lowest BCUT2D eigenvalue weighted by Gasteiger charge is -2.14. The number of hydrogen-bond acceptors (Lipinski definition) is 5. The third kappa shape index (κ3) is 5.41. The van der Waals surface area contributed by atoms with Crippen molar-refractivity contribution < 1.29 is 19.2 Å². The number of carbonyl (C=O) groups is 2. The van der Waals surface area contributed by atoms with Crippen molar-refractivity contribution in [3.63, 3.8) is 0 Å². The Bertz CT molecular complexity index is 802. The third-order valence-corrected chi connectivity index (χ3v) is 6.73. The number of anilines is 1. The van der Waals surface area contributed by atoms with E-state index < -0.39 is 0 Å². The Morgan fingerprint density at radius 2 is 2.11 bits per heavy atom. The van der Waals surface area contributed by atoms with E-state index in [4.69, 9.17) is 4.74 Å². The van der Waals surface area contributed by atoms with Gasteiger partial charge in [0.2, 0.25) is 0 Å². The second-order valence-corrected chi connectivity index (χ2v) is 9.04. The van der Waals surface area contributed by atoms with Gasteiger partial charge in [-0.2, -0.15) is 11.3 Å². The molecule has 8 heteroatoms. The number of thiophene rings is 2. The Balaban J connectivity index is 1.68. The number of aryl methyl sites for hydroxylation is 1. The molecule has 0 fully saturated rings. The molecular formula is C20H28N3O3S2+.